The minimum Gasteiger partial charge on any atom is -0.377 e. The molecule has 0 saturated heterocycles. The van der Waals surface area contributed by atoms with Crippen molar-refractivity contribution in [1.82, 2.24) is 0 Å². The monoisotopic (exact) mass is 112 g/mol. The molecule has 0 radical (unpaired) electrons. The van der Waals surface area contributed by atoms with Crippen LogP contribution >= 0.6 is 0 Å². The number of ether oxygens (including phenoxy) is 1. The van der Waals surface area contributed by atoms with Crippen molar-refractivity contribution >= 4 is 0 Å². The summed E-state index contributed by atoms with van der Waals surface area (Å²) in [6.45, 7) is 2.20. The molecule has 0 aromatic rings. The fourth-order valence-corrected chi connectivity index (χ4v) is 1.01. The van der Waals surface area contributed by atoms with Crippen LogP contribution in [0.1, 0.15) is 13.3 Å². The lowest BCUT2D eigenvalue weighted by Gasteiger charge is -2.04. The molecule has 2 unspecified atom stereocenters. The average Bonchev–Trinajstić information content (AvgIpc) is 2.14. The Balaban J connectivity index is 2.34. The van der Waals surface area contributed by atoms with E-state index in [9.17, 15) is 0 Å². The second-order valence-corrected chi connectivity index (χ2v) is 2.37. The van der Waals surface area contributed by atoms with Gasteiger partial charge in [-0.25, -0.2) is 0 Å². The first kappa shape index (κ1) is 5.83. The van der Waals surface area contributed by atoms with Crippen LogP contribution in [0.25, 0.3) is 0 Å². The Bertz CT molecular complexity index is 96.6. The molecule has 0 heterocycles. The molecule has 8 heavy (non-hydrogen) atoms. The van der Waals surface area contributed by atoms with E-state index in [2.05, 4.69) is 19.1 Å². The zero-order valence-electron chi connectivity index (χ0n) is 5.42. The highest BCUT2D eigenvalue weighted by Gasteiger charge is 2.12. The van der Waals surface area contributed by atoms with E-state index in [1.165, 1.54) is 0 Å². The van der Waals surface area contributed by atoms with E-state index < -0.39 is 0 Å². The van der Waals surface area contributed by atoms with E-state index in [1.54, 1.807) is 7.11 Å². The molecule has 0 fully saturated rings. The highest BCUT2D eigenvalue weighted by molar-refractivity contribution is 5.01. The average molecular weight is 112 g/mol. The van der Waals surface area contributed by atoms with Crippen LogP contribution in [0.4, 0.5) is 0 Å². The zero-order valence-corrected chi connectivity index (χ0v) is 5.42. The van der Waals surface area contributed by atoms with E-state index in [-0.39, 0.29) is 0 Å². The molecule has 1 nitrogen and oxygen atoms in total. The van der Waals surface area contributed by atoms with Gasteiger partial charge < -0.3 is 4.74 Å². The van der Waals surface area contributed by atoms with E-state index in [0.717, 1.165) is 12.3 Å². The van der Waals surface area contributed by atoms with Crippen LogP contribution in [0.2, 0.25) is 0 Å². The molecule has 0 aliphatic heterocycles. The van der Waals surface area contributed by atoms with Gasteiger partial charge in [-0.3, -0.25) is 0 Å². The molecule has 0 aromatic heterocycles. The maximum atomic E-state index is 5.09. The molecule has 1 rings (SSSR count). The maximum absolute atomic E-state index is 5.09. The second-order valence-electron chi connectivity index (χ2n) is 2.37. The summed E-state index contributed by atoms with van der Waals surface area (Å²) < 4.78 is 5.09. The lowest BCUT2D eigenvalue weighted by atomic mass is 10.1. The summed E-state index contributed by atoms with van der Waals surface area (Å²) >= 11 is 0. The topological polar surface area (TPSA) is 9.23 Å². The van der Waals surface area contributed by atoms with Gasteiger partial charge >= 0.3 is 0 Å². The number of hydrogen-bond acceptors (Lipinski definition) is 1. The predicted octanol–water partition coefficient (Wildman–Crippen LogP) is 1.60. The zero-order chi connectivity index (χ0) is 5.98. The molecule has 0 N–H and O–H groups in total. The van der Waals surface area contributed by atoms with Gasteiger partial charge in [-0.05, 0) is 12.3 Å². The third-order valence-electron chi connectivity index (χ3n) is 1.56. The third-order valence-corrected chi connectivity index (χ3v) is 1.56. The fraction of sp³-hybridized carbons (Fsp3) is 0.714. The van der Waals surface area contributed by atoms with Gasteiger partial charge in [-0.1, -0.05) is 19.1 Å². The Kier molecular flexibility index (Phi) is 1.69. The van der Waals surface area contributed by atoms with Crippen molar-refractivity contribution in [2.24, 2.45) is 5.92 Å². The number of allylic oxidation sites excluding steroid dienone is 1. The van der Waals surface area contributed by atoms with Crippen molar-refractivity contribution in [1.29, 1.82) is 0 Å². The SMILES string of the molecule is COC1C=CC(C)C1. The molecule has 0 amide bonds. The molecule has 0 aromatic carbocycles. The Hall–Kier alpha value is -0.300. The number of hydrogen-bond donors (Lipinski definition) is 0. The van der Waals surface area contributed by atoms with E-state index in [1.807, 2.05) is 0 Å². The number of methoxy groups -OCH3 is 1. The first-order valence-corrected chi connectivity index (χ1v) is 3.04. The molecule has 0 saturated carbocycles. The fourth-order valence-electron chi connectivity index (χ4n) is 1.01. The van der Waals surface area contributed by atoms with Gasteiger partial charge in [-0.15, -0.1) is 0 Å². The summed E-state index contributed by atoms with van der Waals surface area (Å²) in [5.41, 5.74) is 0. The smallest absolute Gasteiger partial charge is 0.0757 e. The van der Waals surface area contributed by atoms with E-state index in [0.29, 0.717) is 6.10 Å². The quantitative estimate of drug-likeness (QED) is 0.468. The van der Waals surface area contributed by atoms with Crippen molar-refractivity contribution in [2.45, 2.75) is 19.4 Å². The van der Waals surface area contributed by atoms with Crippen molar-refractivity contribution in [3.63, 3.8) is 0 Å². The standard InChI is InChI=1S/C7H12O/c1-6-3-4-7(5-6)8-2/h3-4,6-7H,5H2,1-2H3. The van der Waals surface area contributed by atoms with Crippen LogP contribution in [0.5, 0.6) is 0 Å². The van der Waals surface area contributed by atoms with Crippen molar-refractivity contribution < 1.29 is 4.74 Å². The summed E-state index contributed by atoms with van der Waals surface area (Å²) in [4.78, 5) is 0. The molecule has 46 valence electrons. The minimum atomic E-state index is 0.394. The first-order chi connectivity index (χ1) is 3.83. The largest absolute Gasteiger partial charge is 0.377 e. The highest BCUT2D eigenvalue weighted by atomic mass is 16.5. The Morgan fingerprint density at radius 1 is 1.50 bits per heavy atom. The molecule has 0 bridgehead atoms. The van der Waals surface area contributed by atoms with Crippen LogP contribution in [-0.2, 0) is 4.74 Å². The molecular formula is C7H12O. The molecule has 1 aliphatic rings. The van der Waals surface area contributed by atoms with Gasteiger partial charge in [0.25, 0.3) is 0 Å². The normalized spacial score (nSPS) is 36.2. The van der Waals surface area contributed by atoms with Crippen molar-refractivity contribution in [2.75, 3.05) is 7.11 Å². The van der Waals surface area contributed by atoms with Gasteiger partial charge in [0.15, 0.2) is 0 Å². The maximum Gasteiger partial charge on any atom is 0.0757 e. The van der Waals surface area contributed by atoms with Crippen molar-refractivity contribution in [3.05, 3.63) is 12.2 Å². The first-order valence-electron chi connectivity index (χ1n) is 3.04. The highest BCUT2D eigenvalue weighted by Crippen LogP contribution is 2.18. The molecule has 1 heteroatoms. The summed E-state index contributed by atoms with van der Waals surface area (Å²) in [7, 11) is 1.76. The Morgan fingerprint density at radius 2 is 2.25 bits per heavy atom. The van der Waals surface area contributed by atoms with Gasteiger partial charge in [0.05, 0.1) is 6.10 Å². The summed E-state index contributed by atoms with van der Waals surface area (Å²) in [6, 6.07) is 0. The molecule has 2 atom stereocenters. The van der Waals surface area contributed by atoms with Crippen LogP contribution in [0.15, 0.2) is 12.2 Å². The minimum absolute atomic E-state index is 0.394. The van der Waals surface area contributed by atoms with Crippen molar-refractivity contribution in [3.8, 4) is 0 Å². The summed E-state index contributed by atoms with van der Waals surface area (Å²) in [5.74, 6) is 0.722. The van der Waals surface area contributed by atoms with Crippen LogP contribution < -0.4 is 0 Å². The summed E-state index contributed by atoms with van der Waals surface area (Å²) in [5, 5.41) is 0. The summed E-state index contributed by atoms with van der Waals surface area (Å²) in [6.07, 6.45) is 5.89. The lowest BCUT2D eigenvalue weighted by molar-refractivity contribution is 0.134. The van der Waals surface area contributed by atoms with Gasteiger partial charge in [0, 0.05) is 7.11 Å². The van der Waals surface area contributed by atoms with E-state index in [4.69, 9.17) is 4.74 Å². The van der Waals surface area contributed by atoms with Gasteiger partial charge in [0.2, 0.25) is 0 Å². The third kappa shape index (κ3) is 1.10. The Labute approximate surface area is 50.3 Å². The van der Waals surface area contributed by atoms with Crippen LogP contribution in [-0.4, -0.2) is 13.2 Å². The van der Waals surface area contributed by atoms with Gasteiger partial charge in [-0.2, -0.15) is 0 Å². The predicted molar refractivity (Wildman–Crippen MR) is 33.7 cm³/mol. The Morgan fingerprint density at radius 3 is 2.50 bits per heavy atom. The molecule has 0 spiro atoms. The number of rotatable bonds is 1. The van der Waals surface area contributed by atoms with Crippen LogP contribution in [0, 0.1) is 5.92 Å². The van der Waals surface area contributed by atoms with E-state index >= 15 is 0 Å². The molecular weight excluding hydrogens is 100 g/mol. The van der Waals surface area contributed by atoms with Crippen LogP contribution in [0.3, 0.4) is 0 Å². The molecule has 1 aliphatic carbocycles. The second kappa shape index (κ2) is 2.31. The van der Waals surface area contributed by atoms with Gasteiger partial charge in [0.1, 0.15) is 0 Å². The lowest BCUT2D eigenvalue weighted by Crippen LogP contribution is -2.03.